The van der Waals surface area contributed by atoms with E-state index >= 15 is 0 Å². The molecule has 5 nitrogen and oxygen atoms in total. The molecule has 2 heterocycles. The van der Waals surface area contributed by atoms with Gasteiger partial charge in [0, 0.05) is 31.1 Å². The molecule has 3 atom stereocenters. The molecule has 0 spiro atoms. The smallest absolute Gasteiger partial charge is 0.226 e. The second kappa shape index (κ2) is 10.4. The molecule has 3 rings (SSSR count). The number of hydrogen-bond donors (Lipinski definition) is 2. The number of thiazole rings is 1. The number of aliphatic hydroxyl groups is 1. The molecule has 1 fully saturated rings. The predicted octanol–water partition coefficient (Wildman–Crippen LogP) is 5.39. The van der Waals surface area contributed by atoms with Gasteiger partial charge in [0.1, 0.15) is 0 Å². The second-order valence-electron chi connectivity index (χ2n) is 10.8. The Hall–Kier alpha value is -2.18. The highest BCUT2D eigenvalue weighted by molar-refractivity contribution is 7.13. The first-order valence-electron chi connectivity index (χ1n) is 11.9. The Bertz CT molecular complexity index is 958. The molecular formula is C27H39N3O2S. The van der Waals surface area contributed by atoms with Crippen LogP contribution in [0.5, 0.6) is 0 Å². The fourth-order valence-electron chi connectivity index (χ4n) is 4.57. The van der Waals surface area contributed by atoms with Gasteiger partial charge in [-0.05, 0) is 35.8 Å². The zero-order valence-electron chi connectivity index (χ0n) is 20.9. The lowest BCUT2D eigenvalue weighted by atomic mass is 9.75. The van der Waals surface area contributed by atoms with Crippen LogP contribution in [-0.2, 0) is 11.3 Å². The van der Waals surface area contributed by atoms with Crippen molar-refractivity contribution in [1.82, 2.24) is 15.2 Å². The number of aryl methyl sites for hydroxylation is 1. The normalized spacial score (nSPS) is 19.7. The van der Waals surface area contributed by atoms with E-state index in [1.165, 1.54) is 10.4 Å². The number of carbonyl (C=O) groups is 1. The van der Waals surface area contributed by atoms with E-state index in [4.69, 9.17) is 0 Å². The molecule has 0 radical (unpaired) electrons. The lowest BCUT2D eigenvalue weighted by molar-refractivity contribution is -0.140. The van der Waals surface area contributed by atoms with E-state index in [2.05, 4.69) is 75.8 Å². The van der Waals surface area contributed by atoms with Crippen molar-refractivity contribution >= 4 is 17.2 Å². The van der Waals surface area contributed by atoms with Crippen molar-refractivity contribution in [3.8, 4) is 10.4 Å². The average molecular weight is 470 g/mol. The first kappa shape index (κ1) is 25.4. The molecule has 1 aromatic heterocycles. The Morgan fingerprint density at radius 3 is 2.52 bits per heavy atom. The van der Waals surface area contributed by atoms with Crippen LogP contribution < -0.4 is 5.32 Å². The van der Waals surface area contributed by atoms with E-state index in [0.29, 0.717) is 25.4 Å². The van der Waals surface area contributed by atoms with Crippen LogP contribution in [-0.4, -0.2) is 39.6 Å². The largest absolute Gasteiger partial charge is 0.391 e. The molecule has 180 valence electrons. The summed E-state index contributed by atoms with van der Waals surface area (Å²) in [6.07, 6.45) is 0.853. The van der Waals surface area contributed by atoms with Crippen molar-refractivity contribution in [2.24, 2.45) is 17.3 Å². The average Bonchev–Trinajstić information content (AvgIpc) is 3.35. The number of hydrogen-bond acceptors (Lipinski definition) is 5. The van der Waals surface area contributed by atoms with Gasteiger partial charge in [-0.25, -0.2) is 4.98 Å². The van der Waals surface area contributed by atoms with Crippen LogP contribution in [0.2, 0.25) is 0 Å². The van der Waals surface area contributed by atoms with Crippen molar-refractivity contribution in [3.05, 3.63) is 53.3 Å². The fourth-order valence-corrected chi connectivity index (χ4v) is 5.38. The highest BCUT2D eigenvalue weighted by Crippen LogP contribution is 2.36. The zero-order chi connectivity index (χ0) is 24.3. The highest BCUT2D eigenvalue weighted by atomic mass is 32.1. The summed E-state index contributed by atoms with van der Waals surface area (Å²) in [4.78, 5) is 21.0. The lowest BCUT2D eigenvalue weighted by Gasteiger charge is -2.36. The molecule has 1 aliphatic rings. The van der Waals surface area contributed by atoms with Gasteiger partial charge in [-0.2, -0.15) is 0 Å². The summed E-state index contributed by atoms with van der Waals surface area (Å²) < 4.78 is 0. The third-order valence-electron chi connectivity index (χ3n) is 6.50. The molecule has 6 heteroatoms. The Morgan fingerprint density at radius 1 is 1.30 bits per heavy atom. The van der Waals surface area contributed by atoms with Crippen molar-refractivity contribution in [1.29, 1.82) is 0 Å². The van der Waals surface area contributed by atoms with E-state index in [1.807, 2.05) is 17.3 Å². The molecule has 0 bridgehead atoms. The quantitative estimate of drug-likeness (QED) is 0.544. The fraction of sp³-hybridized carbons (Fsp3) is 0.556. The second-order valence-corrected chi connectivity index (χ2v) is 11.6. The summed E-state index contributed by atoms with van der Waals surface area (Å²) in [5.41, 5.74) is 5.90. The molecule has 0 unspecified atom stereocenters. The number of aliphatic hydroxyl groups excluding tert-OH is 1. The minimum Gasteiger partial charge on any atom is -0.391 e. The van der Waals surface area contributed by atoms with Gasteiger partial charge in [0.2, 0.25) is 5.91 Å². The van der Waals surface area contributed by atoms with Gasteiger partial charge in [0.05, 0.1) is 28.2 Å². The number of benzene rings is 1. The molecule has 0 saturated carbocycles. The molecule has 2 N–H and O–H groups in total. The minimum absolute atomic E-state index is 0.0826. The third kappa shape index (κ3) is 6.24. The summed E-state index contributed by atoms with van der Waals surface area (Å²) in [6, 6.07) is 8.27. The highest BCUT2D eigenvalue weighted by Gasteiger charge is 2.42. The van der Waals surface area contributed by atoms with Crippen LogP contribution in [0.15, 0.2) is 42.1 Å². The molecule has 33 heavy (non-hydrogen) atoms. The van der Waals surface area contributed by atoms with Gasteiger partial charge in [-0.1, -0.05) is 65.5 Å². The molecule has 1 saturated heterocycles. The van der Waals surface area contributed by atoms with Gasteiger partial charge in [0.25, 0.3) is 0 Å². The maximum atomic E-state index is 13.6. The topological polar surface area (TPSA) is 65.5 Å². The van der Waals surface area contributed by atoms with Crippen LogP contribution in [0.25, 0.3) is 10.4 Å². The van der Waals surface area contributed by atoms with E-state index in [1.54, 1.807) is 11.3 Å². The summed E-state index contributed by atoms with van der Waals surface area (Å²) in [6.45, 7) is 18.0. The Balaban J connectivity index is 1.66. The summed E-state index contributed by atoms with van der Waals surface area (Å²) in [5.74, 6) is 0.480. The number of rotatable bonds is 8. The molecule has 1 aliphatic heterocycles. The molecular weight excluding hydrogens is 430 g/mol. The molecule has 2 aromatic rings. The number of aromatic nitrogens is 1. The van der Waals surface area contributed by atoms with Crippen LogP contribution in [0.4, 0.5) is 0 Å². The summed E-state index contributed by atoms with van der Waals surface area (Å²) >= 11 is 1.65. The number of likely N-dealkylation sites (tertiary alicyclic amines) is 1. The number of nitrogens with one attached hydrogen (secondary N) is 1. The summed E-state index contributed by atoms with van der Waals surface area (Å²) in [7, 11) is 0. The van der Waals surface area contributed by atoms with E-state index in [9.17, 15) is 9.90 Å². The standard InChI is InChI=1S/C27H39N3O2S/c1-17(2)12-23(27(5,6)7)26(32)30-15-22(31)13-24(30)18(3)28-14-20-8-10-21(11-9-20)25-19(4)29-16-33-25/h8-11,16-17,22-24,28,31H,3,12-15H2,1-2,4-7H3/t22-,23-,24+/m1/s1. The lowest BCUT2D eigenvalue weighted by Crippen LogP contribution is -2.46. The Morgan fingerprint density at radius 2 is 1.97 bits per heavy atom. The van der Waals surface area contributed by atoms with Crippen molar-refractivity contribution < 1.29 is 9.90 Å². The van der Waals surface area contributed by atoms with Crippen LogP contribution in [0.3, 0.4) is 0 Å². The van der Waals surface area contributed by atoms with Gasteiger partial charge >= 0.3 is 0 Å². The summed E-state index contributed by atoms with van der Waals surface area (Å²) in [5, 5.41) is 13.8. The number of nitrogens with zero attached hydrogens (tertiary/aromatic N) is 2. The molecule has 0 aliphatic carbocycles. The van der Waals surface area contributed by atoms with Gasteiger partial charge < -0.3 is 15.3 Å². The SMILES string of the molecule is C=C(NCc1ccc(-c2scnc2C)cc1)[C@@H]1C[C@@H](O)CN1C(=O)[C@@H](CC(C)C)C(C)(C)C. The van der Waals surface area contributed by atoms with E-state index in [-0.39, 0.29) is 23.3 Å². The maximum absolute atomic E-state index is 13.6. The Labute approximate surface area is 202 Å². The van der Waals surface area contributed by atoms with Crippen LogP contribution in [0, 0.1) is 24.2 Å². The zero-order valence-corrected chi connectivity index (χ0v) is 21.7. The first-order chi connectivity index (χ1) is 15.5. The van der Waals surface area contributed by atoms with Crippen LogP contribution >= 0.6 is 11.3 Å². The maximum Gasteiger partial charge on any atom is 0.226 e. The Kier molecular flexibility index (Phi) is 8.01. The third-order valence-corrected chi connectivity index (χ3v) is 7.47. The number of carbonyl (C=O) groups excluding carboxylic acids is 1. The molecule has 1 aromatic carbocycles. The monoisotopic (exact) mass is 469 g/mol. The van der Waals surface area contributed by atoms with Gasteiger partial charge in [-0.3, -0.25) is 4.79 Å². The molecule has 1 amide bonds. The first-order valence-corrected chi connectivity index (χ1v) is 12.8. The minimum atomic E-state index is -0.515. The van der Waals surface area contributed by atoms with Crippen molar-refractivity contribution in [2.75, 3.05) is 6.54 Å². The van der Waals surface area contributed by atoms with Crippen LogP contribution in [0.1, 0.15) is 58.7 Å². The van der Waals surface area contributed by atoms with Crippen molar-refractivity contribution in [3.63, 3.8) is 0 Å². The predicted molar refractivity (Wildman–Crippen MR) is 137 cm³/mol. The number of amides is 1. The van der Waals surface area contributed by atoms with Gasteiger partial charge in [0.15, 0.2) is 0 Å². The van der Waals surface area contributed by atoms with E-state index in [0.717, 1.165) is 23.4 Å². The number of β-amino-alcohol motifs (C(OH)–C–C–N with tert-alkyl or cyclic N) is 1. The van der Waals surface area contributed by atoms with Crippen molar-refractivity contribution in [2.45, 2.75) is 73.1 Å². The van der Waals surface area contributed by atoms with E-state index < -0.39 is 6.10 Å². The van der Waals surface area contributed by atoms with Gasteiger partial charge in [-0.15, -0.1) is 11.3 Å².